The Morgan fingerprint density at radius 3 is 0.690 bits per heavy atom. The third-order valence-electron chi connectivity index (χ3n) is 33.3. The van der Waals surface area contributed by atoms with Crippen molar-refractivity contribution in [3.8, 4) is 145 Å². The van der Waals surface area contributed by atoms with Gasteiger partial charge in [-0.25, -0.2) is 0 Å². The molecule has 0 fully saturated rings. The normalized spacial score (nSPS) is 13.8. The Kier molecular flexibility index (Phi) is 20.1. The second-order valence-corrected chi connectivity index (χ2v) is 42.7. The van der Waals surface area contributed by atoms with Gasteiger partial charge in [0.25, 0.3) is 0 Å². The van der Waals surface area contributed by atoms with Gasteiger partial charge in [-0.3, -0.25) is 0 Å². The Labute approximate surface area is 848 Å². The van der Waals surface area contributed by atoms with Gasteiger partial charge in [0.2, 0.25) is 0 Å². The second-order valence-electron chi connectivity index (χ2n) is 42.7. The molecule has 0 aromatic heterocycles. The lowest BCUT2D eigenvalue weighted by Crippen LogP contribution is -2.15. The predicted octanol–water partition coefficient (Wildman–Crippen LogP) is 40.0. The van der Waals surface area contributed by atoms with E-state index in [0.29, 0.717) is 0 Å². The number of aryl methyl sites for hydroxylation is 1. The lowest BCUT2D eigenvalue weighted by molar-refractivity contribution is 0.660. The van der Waals surface area contributed by atoms with Crippen LogP contribution in [0.15, 0.2) is 479 Å². The molecular formula is C145H106. The van der Waals surface area contributed by atoms with Crippen LogP contribution in [0, 0.1) is 6.92 Å². The molecule has 0 bridgehead atoms. The monoisotopic (exact) mass is 1850 g/mol. The molecule has 0 N–H and O–H groups in total. The SMILES string of the molecule is CC1(C)c2ccccc2-c2ccc(-c3c4ccccc4c(-c4ccc5c(c4)C(C)(C)c4ccccc4-5)c4cc(-c5cccc6ccccc56)ccc34)cc21.CC1(C)c2ccccc2-c2ccc(-c3c4ccccc4c(-c4ccc5c(c4)C(C)(C)c4ccccc4-5)c4cc(-c5ccccc5)ccc34)cc21.Cc1ccc(-c2ccc3c(-c4cccc5ccccc45)c4ccccc4c(-c4cccc5ccccc45)c3c2)cc1. The summed E-state index contributed by atoms with van der Waals surface area (Å²) in [6.07, 6.45) is 0. The van der Waals surface area contributed by atoms with Crippen LogP contribution in [-0.4, -0.2) is 0 Å². The van der Waals surface area contributed by atoms with E-state index in [0.717, 1.165) is 0 Å². The minimum atomic E-state index is -0.0869. The highest BCUT2D eigenvalue weighted by atomic mass is 14.4. The molecule has 4 aliphatic carbocycles. The van der Waals surface area contributed by atoms with Gasteiger partial charge in [0, 0.05) is 21.7 Å². The van der Waals surface area contributed by atoms with Gasteiger partial charge in [0.15, 0.2) is 0 Å². The number of hydrogen-bond acceptors (Lipinski definition) is 0. The molecule has 25 aromatic rings. The van der Waals surface area contributed by atoms with Crippen molar-refractivity contribution in [3.05, 3.63) is 529 Å². The van der Waals surface area contributed by atoms with Crippen molar-refractivity contribution >= 4 is 97.0 Å². The molecule has 4 aliphatic rings. The van der Waals surface area contributed by atoms with Gasteiger partial charge in [-0.2, -0.15) is 0 Å². The maximum atomic E-state index is 2.50. The third-order valence-corrected chi connectivity index (χ3v) is 33.3. The minimum Gasteiger partial charge on any atom is -0.0622 e. The van der Waals surface area contributed by atoms with Gasteiger partial charge in [-0.05, 0) is 335 Å². The van der Waals surface area contributed by atoms with Crippen molar-refractivity contribution in [2.24, 2.45) is 0 Å². The van der Waals surface area contributed by atoms with Crippen molar-refractivity contribution in [2.75, 3.05) is 0 Å². The Morgan fingerprint density at radius 2 is 0.331 bits per heavy atom. The van der Waals surface area contributed by atoms with Crippen LogP contribution in [0.2, 0.25) is 0 Å². The first kappa shape index (κ1) is 86.9. The van der Waals surface area contributed by atoms with Gasteiger partial charge in [0.1, 0.15) is 0 Å². The van der Waals surface area contributed by atoms with Crippen molar-refractivity contribution in [1.82, 2.24) is 0 Å². The summed E-state index contributed by atoms with van der Waals surface area (Å²) < 4.78 is 0. The van der Waals surface area contributed by atoms with E-state index in [-0.39, 0.29) is 21.7 Å². The number of hydrogen-bond donors (Lipinski definition) is 0. The summed E-state index contributed by atoms with van der Waals surface area (Å²) in [6, 6.07) is 179. The first-order valence-electron chi connectivity index (χ1n) is 51.4. The van der Waals surface area contributed by atoms with E-state index < -0.39 is 0 Å². The van der Waals surface area contributed by atoms with E-state index in [1.165, 1.54) is 292 Å². The Bertz CT molecular complexity index is 9730. The topological polar surface area (TPSA) is 0 Å². The van der Waals surface area contributed by atoms with Crippen LogP contribution in [0.25, 0.3) is 242 Å². The third kappa shape index (κ3) is 13.7. The van der Waals surface area contributed by atoms with Gasteiger partial charge < -0.3 is 0 Å². The number of fused-ring (bicyclic) bond motifs is 21. The van der Waals surface area contributed by atoms with E-state index in [4.69, 9.17) is 0 Å². The lowest BCUT2D eigenvalue weighted by Gasteiger charge is -2.24. The quantitative estimate of drug-likeness (QED) is 0.126. The molecule has 686 valence electrons. The van der Waals surface area contributed by atoms with E-state index in [2.05, 4.69) is 542 Å². The molecule has 0 unspecified atom stereocenters. The predicted molar refractivity (Wildman–Crippen MR) is 621 cm³/mol. The molecule has 0 spiro atoms. The summed E-state index contributed by atoms with van der Waals surface area (Å²) in [5, 5.41) is 23.0. The molecule has 0 nitrogen and oxygen atoms in total. The summed E-state index contributed by atoms with van der Waals surface area (Å²) >= 11 is 0. The average Bonchev–Trinajstić information content (AvgIpc) is 1.70. The standard InChI is InChI=1S/C54H40.C50H38.C41H28/c1-53(2)47-22-11-9-17-39(47)41-27-25-35(31-49(41)53)51-43-19-7-8-20-44(43)52(36-26-28-42-40-18-10-12-23-48(40)54(3,4)50(42)32-36)46-30-34(24-29-45(46)51)38-21-13-15-33-14-5-6-16-37(33)38;1-49(2)43-20-12-10-16-35(43)37-25-23-33(29-45(37)49)47-39-18-8-9-19-40(39)48(42-28-32(22-27-41(42)47)31-14-6-5-7-15-31)34-24-26-38-36-17-11-13-21-44(36)50(3,4)46(38)30-34;1-27-20-22-28(23-21-27)31-24-25-38-39(26-31)41(35-19-9-13-30-11-3-5-15-33(30)35)37-17-7-6-16-36(37)40(38)34-18-8-12-29-10-2-4-14-32(29)34/h5-32H,1-4H3;5-30H,1-4H3;2-26H,1H3. The fourth-order valence-corrected chi connectivity index (χ4v) is 26.1. The van der Waals surface area contributed by atoms with Gasteiger partial charge >= 0.3 is 0 Å². The van der Waals surface area contributed by atoms with E-state index in [1.807, 2.05) is 0 Å². The van der Waals surface area contributed by atoms with Crippen LogP contribution in [0.5, 0.6) is 0 Å². The van der Waals surface area contributed by atoms with Crippen LogP contribution in [0.1, 0.15) is 105 Å². The van der Waals surface area contributed by atoms with Gasteiger partial charge in [-0.15, -0.1) is 0 Å². The molecule has 0 saturated carbocycles. The molecule has 0 amide bonds. The first-order chi connectivity index (χ1) is 70.9. The second kappa shape index (κ2) is 33.5. The fourth-order valence-electron chi connectivity index (χ4n) is 26.1. The summed E-state index contributed by atoms with van der Waals surface area (Å²) in [6.45, 7) is 21.2. The summed E-state index contributed by atoms with van der Waals surface area (Å²) in [7, 11) is 0. The molecule has 0 atom stereocenters. The molecule has 0 saturated heterocycles. The van der Waals surface area contributed by atoms with Crippen molar-refractivity contribution in [1.29, 1.82) is 0 Å². The smallest absolute Gasteiger partial charge is 0.0159 e. The van der Waals surface area contributed by atoms with Gasteiger partial charge in [0.05, 0.1) is 0 Å². The van der Waals surface area contributed by atoms with E-state index in [9.17, 15) is 0 Å². The summed E-state index contributed by atoms with van der Waals surface area (Å²) in [5.41, 5.74) is 45.9. The Balaban J connectivity index is 0.000000109. The number of benzene rings is 25. The minimum absolute atomic E-state index is 0.0667. The largest absolute Gasteiger partial charge is 0.0622 e. The van der Waals surface area contributed by atoms with Crippen LogP contribution in [0.4, 0.5) is 0 Å². The molecule has 25 aromatic carbocycles. The van der Waals surface area contributed by atoms with Crippen LogP contribution < -0.4 is 0 Å². The highest BCUT2D eigenvalue weighted by Crippen LogP contribution is 2.59. The number of rotatable bonds is 9. The molecule has 0 heterocycles. The Morgan fingerprint density at radius 1 is 0.117 bits per heavy atom. The van der Waals surface area contributed by atoms with Crippen LogP contribution in [0.3, 0.4) is 0 Å². The highest BCUT2D eigenvalue weighted by molar-refractivity contribution is 6.28. The molecule has 145 heavy (non-hydrogen) atoms. The zero-order chi connectivity index (χ0) is 97.5. The molecule has 29 rings (SSSR count). The van der Waals surface area contributed by atoms with Crippen molar-refractivity contribution < 1.29 is 0 Å². The fraction of sp³-hybridized carbons (Fsp3) is 0.0897. The highest BCUT2D eigenvalue weighted by Gasteiger charge is 2.41. The molecule has 0 heteroatoms. The summed E-state index contributed by atoms with van der Waals surface area (Å²) in [5.74, 6) is 0. The maximum Gasteiger partial charge on any atom is 0.0159 e. The van der Waals surface area contributed by atoms with E-state index in [1.54, 1.807) is 0 Å². The van der Waals surface area contributed by atoms with Crippen molar-refractivity contribution in [3.63, 3.8) is 0 Å². The summed E-state index contributed by atoms with van der Waals surface area (Å²) in [4.78, 5) is 0. The lowest BCUT2D eigenvalue weighted by atomic mass is 9.79. The molecule has 0 radical (unpaired) electrons. The van der Waals surface area contributed by atoms with Crippen molar-refractivity contribution in [2.45, 2.75) is 84.0 Å². The van der Waals surface area contributed by atoms with Gasteiger partial charge in [-0.1, -0.05) is 498 Å². The van der Waals surface area contributed by atoms with Crippen LogP contribution in [-0.2, 0) is 21.7 Å². The zero-order valence-electron chi connectivity index (χ0n) is 83.1. The average molecular weight is 1850 g/mol. The first-order valence-corrected chi connectivity index (χ1v) is 51.4. The zero-order valence-corrected chi connectivity index (χ0v) is 83.1. The molecular weight excluding hydrogens is 1740 g/mol. The maximum absolute atomic E-state index is 2.50. The molecule has 0 aliphatic heterocycles. The Hall–Kier alpha value is -17.2. The van der Waals surface area contributed by atoms with E-state index >= 15 is 0 Å². The van der Waals surface area contributed by atoms with Crippen LogP contribution >= 0.6 is 0 Å².